The highest BCUT2D eigenvalue weighted by atomic mass is 19.1. The Labute approximate surface area is 142 Å². The van der Waals surface area contributed by atoms with Crippen LogP contribution < -0.4 is 0 Å². The van der Waals surface area contributed by atoms with Gasteiger partial charge in [0.1, 0.15) is 5.82 Å². The Morgan fingerprint density at radius 1 is 1.00 bits per heavy atom. The summed E-state index contributed by atoms with van der Waals surface area (Å²) in [6.07, 6.45) is -0.702. The number of nitrogens with zero attached hydrogens (tertiary/aromatic N) is 2. The van der Waals surface area contributed by atoms with Gasteiger partial charge in [0.05, 0.1) is 6.42 Å². The highest BCUT2D eigenvalue weighted by Gasteiger charge is 2.31. The third-order valence-electron chi connectivity index (χ3n) is 3.13. The molecular formula is C19H11FN2O3. The molecule has 0 radical (unpaired) electrons. The first kappa shape index (κ1) is 17.7. The lowest BCUT2D eigenvalue weighted by Crippen LogP contribution is -2.27. The van der Waals surface area contributed by atoms with Gasteiger partial charge in [-0.3, -0.25) is 14.4 Å². The number of hydrogen-bond donors (Lipinski definition) is 0. The van der Waals surface area contributed by atoms with Crippen molar-refractivity contribution in [3.8, 4) is 11.8 Å². The second kappa shape index (κ2) is 8.25. The number of ketones is 3. The maximum Gasteiger partial charge on any atom is 0.405 e. The van der Waals surface area contributed by atoms with E-state index in [2.05, 4.69) is 16.6 Å². The van der Waals surface area contributed by atoms with Crippen LogP contribution in [0.1, 0.15) is 22.3 Å². The van der Waals surface area contributed by atoms with Crippen molar-refractivity contribution in [3.05, 3.63) is 77.1 Å². The number of rotatable bonds is 5. The Morgan fingerprint density at radius 2 is 1.64 bits per heavy atom. The zero-order valence-electron chi connectivity index (χ0n) is 12.9. The molecule has 0 aliphatic carbocycles. The third kappa shape index (κ3) is 4.90. The fourth-order valence-electron chi connectivity index (χ4n) is 1.90. The summed E-state index contributed by atoms with van der Waals surface area (Å²) >= 11 is 0. The van der Waals surface area contributed by atoms with Crippen LogP contribution in [0.25, 0.3) is 5.53 Å². The fourth-order valence-corrected chi connectivity index (χ4v) is 1.90. The summed E-state index contributed by atoms with van der Waals surface area (Å²) in [4.78, 5) is 38.6. The predicted molar refractivity (Wildman–Crippen MR) is 87.3 cm³/mol. The minimum Gasteiger partial charge on any atom is -0.360 e. The van der Waals surface area contributed by atoms with E-state index in [-0.39, 0.29) is 5.56 Å². The van der Waals surface area contributed by atoms with Crippen LogP contribution in [0.15, 0.2) is 54.6 Å². The molecule has 0 saturated heterocycles. The Morgan fingerprint density at radius 3 is 2.24 bits per heavy atom. The highest BCUT2D eigenvalue weighted by Crippen LogP contribution is 2.03. The summed E-state index contributed by atoms with van der Waals surface area (Å²) in [5, 5.41) is 0. The van der Waals surface area contributed by atoms with E-state index in [0.29, 0.717) is 5.56 Å². The Hall–Kier alpha value is -3.68. The van der Waals surface area contributed by atoms with Crippen LogP contribution in [0.4, 0.5) is 4.39 Å². The van der Waals surface area contributed by atoms with Gasteiger partial charge in [0.15, 0.2) is 0 Å². The van der Waals surface area contributed by atoms with Crippen molar-refractivity contribution in [2.24, 2.45) is 0 Å². The lowest BCUT2D eigenvalue weighted by Gasteiger charge is -1.95. The molecule has 0 atom stereocenters. The Balaban J connectivity index is 2.07. The van der Waals surface area contributed by atoms with Crippen molar-refractivity contribution in [1.29, 1.82) is 0 Å². The van der Waals surface area contributed by atoms with E-state index in [1.54, 1.807) is 18.2 Å². The molecule has 122 valence electrons. The van der Waals surface area contributed by atoms with Gasteiger partial charge in [-0.05, 0) is 30.2 Å². The van der Waals surface area contributed by atoms with Crippen LogP contribution >= 0.6 is 0 Å². The van der Waals surface area contributed by atoms with Gasteiger partial charge in [-0.2, -0.15) is 4.79 Å². The van der Waals surface area contributed by atoms with Gasteiger partial charge >= 0.3 is 5.71 Å². The van der Waals surface area contributed by atoms with Crippen molar-refractivity contribution in [2.75, 3.05) is 0 Å². The van der Waals surface area contributed by atoms with E-state index in [9.17, 15) is 18.8 Å². The average molecular weight is 334 g/mol. The quantitative estimate of drug-likeness (QED) is 0.210. The van der Waals surface area contributed by atoms with Gasteiger partial charge in [-0.25, -0.2) is 4.39 Å². The first-order valence-corrected chi connectivity index (χ1v) is 7.16. The number of carbonyl (C=O) groups excluding carboxylic acids is 3. The predicted octanol–water partition coefficient (Wildman–Crippen LogP) is 2.26. The zero-order chi connectivity index (χ0) is 18.2. The lowest BCUT2D eigenvalue weighted by atomic mass is 10.0. The third-order valence-corrected chi connectivity index (χ3v) is 3.13. The molecule has 0 aromatic heterocycles. The van der Waals surface area contributed by atoms with Crippen molar-refractivity contribution in [1.82, 2.24) is 0 Å². The number of halogens is 1. The van der Waals surface area contributed by atoms with Gasteiger partial charge < -0.3 is 5.53 Å². The van der Waals surface area contributed by atoms with Crippen molar-refractivity contribution in [3.63, 3.8) is 0 Å². The summed E-state index contributed by atoms with van der Waals surface area (Å²) in [6.45, 7) is 0. The van der Waals surface area contributed by atoms with E-state index in [1.165, 1.54) is 36.4 Å². The molecule has 5 nitrogen and oxygen atoms in total. The summed E-state index contributed by atoms with van der Waals surface area (Å²) in [6, 6.07) is 12.9. The van der Waals surface area contributed by atoms with Crippen LogP contribution in [0, 0.1) is 17.7 Å². The second-order valence-electron chi connectivity index (χ2n) is 4.92. The van der Waals surface area contributed by atoms with Crippen molar-refractivity contribution >= 4 is 23.1 Å². The van der Waals surface area contributed by atoms with Crippen LogP contribution in [-0.4, -0.2) is 27.9 Å². The molecule has 2 rings (SSSR count). The van der Waals surface area contributed by atoms with Crippen LogP contribution in [0.2, 0.25) is 0 Å². The molecule has 0 unspecified atom stereocenters. The minimum absolute atomic E-state index is 0.161. The Kier molecular flexibility index (Phi) is 5.83. The number of carbonyl (C=O) groups is 3. The van der Waals surface area contributed by atoms with E-state index < -0.39 is 35.3 Å². The summed E-state index contributed by atoms with van der Waals surface area (Å²) in [5.41, 5.74) is 8.77. The summed E-state index contributed by atoms with van der Waals surface area (Å²) < 4.78 is 12.8. The number of Topliss-reactive ketones (excluding diaryl/α,β-unsaturated/α-hetero) is 3. The molecule has 0 aliphatic heterocycles. The van der Waals surface area contributed by atoms with Crippen molar-refractivity contribution < 1.29 is 23.6 Å². The maximum absolute atomic E-state index is 12.8. The molecule has 0 bridgehead atoms. The second-order valence-corrected chi connectivity index (χ2v) is 4.92. The van der Waals surface area contributed by atoms with Crippen LogP contribution in [0.3, 0.4) is 0 Å². The maximum atomic E-state index is 12.8. The molecular weight excluding hydrogens is 323 g/mol. The molecule has 0 N–H and O–H groups in total. The van der Waals surface area contributed by atoms with Gasteiger partial charge in [0, 0.05) is 11.1 Å². The van der Waals surface area contributed by atoms with E-state index in [4.69, 9.17) is 5.53 Å². The standard InChI is InChI=1S/C19H11FN2O3/c20-15-9-6-13(7-10-15)8-11-16(23)12-17(24)18(22-21)19(25)14-4-2-1-3-5-14/h1-7,9-10H,12H2. The molecule has 0 fully saturated rings. The smallest absolute Gasteiger partial charge is 0.360 e. The highest BCUT2D eigenvalue weighted by molar-refractivity contribution is 6.68. The topological polar surface area (TPSA) is 87.6 Å². The average Bonchev–Trinajstić information content (AvgIpc) is 2.62. The van der Waals surface area contributed by atoms with Gasteiger partial charge in [0.25, 0.3) is 11.6 Å². The normalized spacial score (nSPS) is 9.32. The minimum atomic E-state index is -0.935. The first-order chi connectivity index (χ1) is 12.0. The molecule has 6 heteroatoms. The van der Waals surface area contributed by atoms with E-state index in [0.717, 1.165) is 0 Å². The monoisotopic (exact) mass is 334 g/mol. The largest absolute Gasteiger partial charge is 0.405 e. The fraction of sp³-hybridized carbons (Fsp3) is 0.0526. The molecule has 0 aliphatic rings. The van der Waals surface area contributed by atoms with Gasteiger partial charge in [-0.15, -0.1) is 0 Å². The zero-order valence-corrected chi connectivity index (χ0v) is 12.9. The van der Waals surface area contributed by atoms with Gasteiger partial charge in [-0.1, -0.05) is 36.3 Å². The number of hydrogen-bond acceptors (Lipinski definition) is 3. The van der Waals surface area contributed by atoms with E-state index in [1.807, 2.05) is 0 Å². The first-order valence-electron chi connectivity index (χ1n) is 7.16. The van der Waals surface area contributed by atoms with Gasteiger partial charge in [0.2, 0.25) is 5.78 Å². The lowest BCUT2D eigenvalue weighted by molar-refractivity contribution is -0.122. The molecule has 0 spiro atoms. The molecule has 2 aromatic carbocycles. The van der Waals surface area contributed by atoms with Crippen LogP contribution in [0.5, 0.6) is 0 Å². The SMILES string of the molecule is [N-]=[N+]=C(C(=O)CC(=O)C#Cc1ccc(F)cc1)C(=O)c1ccccc1. The van der Waals surface area contributed by atoms with E-state index >= 15 is 0 Å². The Bertz CT molecular complexity index is 932. The van der Waals surface area contributed by atoms with Crippen LogP contribution in [-0.2, 0) is 9.59 Å². The molecule has 2 aromatic rings. The summed E-state index contributed by atoms with van der Waals surface area (Å²) in [5.74, 6) is 1.81. The molecule has 25 heavy (non-hydrogen) atoms. The molecule has 0 saturated carbocycles. The molecule has 0 amide bonds. The van der Waals surface area contributed by atoms with Crippen molar-refractivity contribution in [2.45, 2.75) is 6.42 Å². The molecule has 0 heterocycles. The number of benzene rings is 2. The summed E-state index contributed by atoms with van der Waals surface area (Å²) in [7, 11) is 0.